The molecule has 0 bridgehead atoms. The zero-order valence-corrected chi connectivity index (χ0v) is 27.9. The molecule has 2 aliphatic heterocycles. The van der Waals surface area contributed by atoms with Gasteiger partial charge in [0.1, 0.15) is 34.2 Å². The van der Waals surface area contributed by atoms with Crippen LogP contribution in [0.15, 0.2) is 82.0 Å². The van der Waals surface area contributed by atoms with E-state index < -0.39 is 29.1 Å². The number of carboxylic acid groups (broad SMARTS) is 1. The molecule has 0 saturated heterocycles. The maximum Gasteiger partial charge on any atom is 0.347 e. The van der Waals surface area contributed by atoms with Crippen molar-refractivity contribution in [2.45, 2.75) is 45.7 Å². The topological polar surface area (TPSA) is 104 Å². The summed E-state index contributed by atoms with van der Waals surface area (Å²) in [5, 5.41) is 11.2. The maximum atomic E-state index is 14.3. The number of hydrogen-bond donors (Lipinski definition) is 2. The second kappa shape index (κ2) is 12.8. The monoisotopic (exact) mass is 653 g/mol. The van der Waals surface area contributed by atoms with Crippen LogP contribution in [0.2, 0.25) is 0 Å². The summed E-state index contributed by atoms with van der Waals surface area (Å²) < 4.78 is 12.5. The van der Waals surface area contributed by atoms with Gasteiger partial charge in [-0.15, -0.1) is 0 Å². The highest BCUT2D eigenvalue weighted by atomic mass is 32.1. The minimum atomic E-state index is -1.39. The second-order valence-electron chi connectivity index (χ2n) is 11.7. The fraction of sp³-hybridized carbons (Fsp3) is 0.324. The van der Waals surface area contributed by atoms with Crippen LogP contribution in [-0.2, 0) is 10.3 Å². The number of carbonyl (C=O) groups excluding carboxylic acids is 1. The van der Waals surface area contributed by atoms with E-state index in [9.17, 15) is 19.5 Å². The van der Waals surface area contributed by atoms with E-state index in [1.54, 1.807) is 24.3 Å². The number of carbonyl (C=O) groups is 2. The fourth-order valence-corrected chi connectivity index (χ4v) is 7.26. The molecule has 4 aromatic rings. The molecular formula is C37H39N3O6S. The molecule has 3 heterocycles. The molecule has 1 aromatic heterocycles. The van der Waals surface area contributed by atoms with Crippen LogP contribution in [0.3, 0.4) is 0 Å². The van der Waals surface area contributed by atoms with Gasteiger partial charge in [-0.25, -0.2) is 9.59 Å². The molecule has 0 fully saturated rings. The zero-order valence-electron chi connectivity index (χ0n) is 27.0. The maximum absolute atomic E-state index is 14.3. The van der Waals surface area contributed by atoms with E-state index in [-0.39, 0.29) is 23.5 Å². The van der Waals surface area contributed by atoms with Crippen LogP contribution in [-0.4, -0.2) is 59.9 Å². The Labute approximate surface area is 279 Å². The normalized spacial score (nSPS) is 17.3. The lowest BCUT2D eigenvalue weighted by atomic mass is 9.79. The number of thiol groups is 1. The molecule has 0 radical (unpaired) electrons. The van der Waals surface area contributed by atoms with E-state index >= 15 is 0 Å². The van der Waals surface area contributed by atoms with Gasteiger partial charge in [0, 0.05) is 66.2 Å². The number of benzene rings is 3. The zero-order chi connectivity index (χ0) is 33.5. The molecular weight excluding hydrogens is 614 g/mol. The van der Waals surface area contributed by atoms with Crippen molar-refractivity contribution in [1.82, 2.24) is 4.90 Å². The molecule has 3 aromatic carbocycles. The first-order chi connectivity index (χ1) is 22.7. The Morgan fingerprint density at radius 1 is 0.872 bits per heavy atom. The first-order valence-electron chi connectivity index (χ1n) is 16.1. The number of aliphatic carboxylic acids is 1. The first-order valence-corrected chi connectivity index (χ1v) is 16.8. The lowest BCUT2D eigenvalue weighted by Crippen LogP contribution is -2.53. The minimum Gasteiger partial charge on any atom is -0.480 e. The standard InChI is InChI=1S/C37H39N3O6S/c1-5-38(6-2)24-14-13-23-19-27(36(44)46-31(23)20-24)33-22-37(29-16-15-25(21-32(29)45-33)39(7-3)8-4)28-12-10-9-11-26(28)34(41)40(37)30(17-18-47)35(42)43/h9-16,19-22,30,47H,5-8,17-18H2,1-4H3,(H,42,43). The molecule has 6 rings (SSSR count). The van der Waals surface area contributed by atoms with Crippen molar-refractivity contribution in [2.75, 3.05) is 41.7 Å². The summed E-state index contributed by atoms with van der Waals surface area (Å²) in [5.74, 6) is -0.704. The molecule has 0 aliphatic carbocycles. The van der Waals surface area contributed by atoms with E-state index in [1.807, 2.05) is 48.5 Å². The van der Waals surface area contributed by atoms with Gasteiger partial charge in [-0.3, -0.25) is 4.79 Å². The van der Waals surface area contributed by atoms with Gasteiger partial charge in [0.15, 0.2) is 0 Å². The van der Waals surface area contributed by atoms with Crippen LogP contribution in [0.5, 0.6) is 5.75 Å². The molecule has 10 heteroatoms. The summed E-state index contributed by atoms with van der Waals surface area (Å²) in [6.45, 7) is 11.4. The smallest absolute Gasteiger partial charge is 0.347 e. The van der Waals surface area contributed by atoms with Gasteiger partial charge in [-0.2, -0.15) is 12.6 Å². The van der Waals surface area contributed by atoms with Gasteiger partial charge in [-0.1, -0.05) is 24.3 Å². The number of rotatable bonds is 11. The highest BCUT2D eigenvalue weighted by Crippen LogP contribution is 2.54. The fourth-order valence-electron chi connectivity index (χ4n) is 7.02. The number of hydrogen-bond acceptors (Lipinski definition) is 8. The van der Waals surface area contributed by atoms with Crippen LogP contribution < -0.4 is 20.2 Å². The summed E-state index contributed by atoms with van der Waals surface area (Å²) in [5.41, 5.74) is 2.08. The van der Waals surface area contributed by atoms with Crippen molar-refractivity contribution < 1.29 is 23.8 Å². The van der Waals surface area contributed by atoms with Crippen molar-refractivity contribution in [3.63, 3.8) is 0 Å². The Balaban J connectivity index is 1.64. The van der Waals surface area contributed by atoms with E-state index in [0.717, 1.165) is 37.6 Å². The molecule has 244 valence electrons. The lowest BCUT2D eigenvalue weighted by Gasteiger charge is -2.44. The summed E-state index contributed by atoms with van der Waals surface area (Å²) in [6.07, 6.45) is 1.83. The first kappa shape index (κ1) is 32.2. The molecule has 2 unspecified atom stereocenters. The Morgan fingerprint density at radius 3 is 2.19 bits per heavy atom. The molecule has 1 spiro atoms. The SMILES string of the molecule is CCN(CC)c1ccc2c(c1)OC(c1cc3ccc(N(CC)CC)cc3oc1=O)=CC21c2ccccc2C(=O)N1C(CCS)C(=O)O. The number of carboxylic acids is 1. The van der Waals surface area contributed by atoms with Crippen molar-refractivity contribution in [3.05, 3.63) is 105 Å². The predicted molar refractivity (Wildman–Crippen MR) is 188 cm³/mol. The Morgan fingerprint density at radius 2 is 1.53 bits per heavy atom. The summed E-state index contributed by atoms with van der Waals surface area (Å²) in [6, 6.07) is 19.2. The molecule has 1 N–H and O–H groups in total. The van der Waals surface area contributed by atoms with Crippen molar-refractivity contribution >= 4 is 52.6 Å². The number of fused-ring (bicyclic) bond motifs is 5. The van der Waals surface area contributed by atoms with Crippen LogP contribution >= 0.6 is 12.6 Å². The summed E-state index contributed by atoms with van der Waals surface area (Å²) in [7, 11) is 0. The number of anilines is 2. The Hall–Kier alpha value is -4.70. The van der Waals surface area contributed by atoms with Crippen molar-refractivity contribution in [1.29, 1.82) is 0 Å². The minimum absolute atomic E-state index is 0.115. The predicted octanol–water partition coefficient (Wildman–Crippen LogP) is 6.39. The highest BCUT2D eigenvalue weighted by Gasteiger charge is 2.56. The Kier molecular flexibility index (Phi) is 8.80. The third-order valence-corrected chi connectivity index (χ3v) is 9.60. The molecule has 47 heavy (non-hydrogen) atoms. The highest BCUT2D eigenvalue weighted by molar-refractivity contribution is 7.80. The molecule has 9 nitrogen and oxygen atoms in total. The Bertz CT molecular complexity index is 1950. The van der Waals surface area contributed by atoms with Gasteiger partial charge in [0.2, 0.25) is 0 Å². The van der Waals surface area contributed by atoms with E-state index in [4.69, 9.17) is 9.15 Å². The summed E-state index contributed by atoms with van der Waals surface area (Å²) >= 11 is 4.35. The van der Waals surface area contributed by atoms with Gasteiger partial charge in [0.05, 0.1) is 0 Å². The average molecular weight is 654 g/mol. The molecule has 2 atom stereocenters. The lowest BCUT2D eigenvalue weighted by molar-refractivity contribution is -0.143. The van der Waals surface area contributed by atoms with E-state index in [0.29, 0.717) is 33.4 Å². The number of amides is 1. The van der Waals surface area contributed by atoms with Crippen LogP contribution in [0.1, 0.15) is 61.2 Å². The van der Waals surface area contributed by atoms with Crippen LogP contribution in [0, 0.1) is 0 Å². The number of nitrogens with zero attached hydrogens (tertiary/aromatic N) is 3. The third-order valence-electron chi connectivity index (χ3n) is 9.34. The second-order valence-corrected chi connectivity index (χ2v) is 12.1. The van der Waals surface area contributed by atoms with Gasteiger partial charge in [-0.05, 0) is 81.8 Å². The largest absolute Gasteiger partial charge is 0.480 e. The van der Waals surface area contributed by atoms with Gasteiger partial charge < -0.3 is 29.0 Å². The van der Waals surface area contributed by atoms with Crippen molar-refractivity contribution in [2.24, 2.45) is 0 Å². The van der Waals surface area contributed by atoms with Crippen LogP contribution in [0.4, 0.5) is 11.4 Å². The van der Waals surface area contributed by atoms with Crippen molar-refractivity contribution in [3.8, 4) is 5.75 Å². The average Bonchev–Trinajstić information content (AvgIpc) is 3.31. The van der Waals surface area contributed by atoms with E-state index in [1.165, 1.54) is 4.90 Å². The molecule has 2 aliphatic rings. The van der Waals surface area contributed by atoms with Gasteiger partial charge in [0.25, 0.3) is 5.91 Å². The quantitative estimate of drug-likeness (QED) is 0.142. The molecule has 0 saturated carbocycles. The van der Waals surface area contributed by atoms with Gasteiger partial charge >= 0.3 is 11.6 Å². The van der Waals surface area contributed by atoms with E-state index in [2.05, 4.69) is 50.1 Å². The van der Waals surface area contributed by atoms with Crippen LogP contribution in [0.25, 0.3) is 16.7 Å². The molecule has 1 amide bonds. The third kappa shape index (κ3) is 5.24. The number of ether oxygens (including phenoxy) is 1. The summed E-state index contributed by atoms with van der Waals surface area (Å²) in [4.78, 5) is 46.6.